The Morgan fingerprint density at radius 1 is 1.00 bits per heavy atom. The number of methoxy groups -OCH3 is 3. The smallest absolute Gasteiger partial charge is 0.242 e. The van der Waals surface area contributed by atoms with E-state index in [2.05, 4.69) is 20.8 Å². The van der Waals surface area contributed by atoms with Gasteiger partial charge in [0, 0.05) is 24.1 Å². The number of amides is 2. The number of nitrogens with zero attached hydrogens (tertiary/aromatic N) is 4. The molecule has 0 aliphatic carbocycles. The number of aromatic nitrogens is 2. The summed E-state index contributed by atoms with van der Waals surface area (Å²) in [5.41, 5.74) is 3.09. The van der Waals surface area contributed by atoms with Crippen molar-refractivity contribution >= 4 is 29.4 Å². The van der Waals surface area contributed by atoms with Gasteiger partial charge in [0.2, 0.25) is 11.8 Å². The first-order valence-corrected chi connectivity index (χ1v) is 15.0. The lowest BCUT2D eigenvalue weighted by Gasteiger charge is -2.30. The first-order chi connectivity index (χ1) is 20.2. The topological polar surface area (TPSA) is 95.4 Å². The molecule has 10 nitrogen and oxygen atoms in total. The molecule has 0 spiro atoms. The summed E-state index contributed by atoms with van der Waals surface area (Å²) >= 11 is 1.53. The maximum atomic E-state index is 13.9. The number of anilines is 1. The largest absolute Gasteiger partial charge is 0.497 e. The number of morpholine rings is 1. The van der Waals surface area contributed by atoms with Gasteiger partial charge < -0.3 is 23.8 Å². The number of carbonyl (C=O) groups is 2. The Morgan fingerprint density at radius 3 is 2.31 bits per heavy atom. The van der Waals surface area contributed by atoms with Gasteiger partial charge in [-0.05, 0) is 42.0 Å². The fraction of sp³-hybridized carbons (Fsp3) is 0.452. The molecule has 42 heavy (non-hydrogen) atoms. The van der Waals surface area contributed by atoms with Crippen molar-refractivity contribution in [2.45, 2.75) is 31.4 Å². The van der Waals surface area contributed by atoms with Crippen LogP contribution in [0.2, 0.25) is 0 Å². The lowest BCUT2D eigenvalue weighted by atomic mass is 9.87. The van der Waals surface area contributed by atoms with Crippen LogP contribution in [0.4, 0.5) is 5.82 Å². The molecular formula is C31H38N4O6S. The van der Waals surface area contributed by atoms with Gasteiger partial charge in [-0.3, -0.25) is 14.5 Å². The molecule has 5 rings (SSSR count). The lowest BCUT2D eigenvalue weighted by Crippen LogP contribution is -2.48. The Balaban J connectivity index is 1.73. The summed E-state index contributed by atoms with van der Waals surface area (Å²) in [6.07, 6.45) is 0. The van der Waals surface area contributed by atoms with E-state index in [4.69, 9.17) is 24.0 Å². The highest BCUT2D eigenvalue weighted by molar-refractivity contribution is 8.00. The first kappa shape index (κ1) is 29.8. The van der Waals surface area contributed by atoms with Gasteiger partial charge in [-0.15, -0.1) is 11.8 Å². The summed E-state index contributed by atoms with van der Waals surface area (Å²) in [4.78, 5) is 30.9. The van der Waals surface area contributed by atoms with E-state index in [1.807, 2.05) is 42.5 Å². The van der Waals surface area contributed by atoms with Gasteiger partial charge in [-0.2, -0.15) is 5.10 Å². The van der Waals surface area contributed by atoms with Crippen LogP contribution >= 0.6 is 11.8 Å². The summed E-state index contributed by atoms with van der Waals surface area (Å²) in [6, 6.07) is 13.4. The highest BCUT2D eigenvalue weighted by Gasteiger charge is 2.40. The van der Waals surface area contributed by atoms with E-state index in [9.17, 15) is 9.59 Å². The van der Waals surface area contributed by atoms with E-state index in [1.165, 1.54) is 11.8 Å². The van der Waals surface area contributed by atoms with Crippen molar-refractivity contribution in [1.29, 1.82) is 0 Å². The molecule has 1 aromatic heterocycles. The Bertz CT molecular complexity index is 1440. The molecule has 1 saturated heterocycles. The average Bonchev–Trinajstić information content (AvgIpc) is 3.34. The fourth-order valence-corrected chi connectivity index (χ4v) is 6.49. The second-order valence-corrected chi connectivity index (χ2v) is 12.3. The Morgan fingerprint density at radius 2 is 1.69 bits per heavy atom. The molecule has 11 heteroatoms. The summed E-state index contributed by atoms with van der Waals surface area (Å²) in [5, 5.41) is 4.90. The van der Waals surface area contributed by atoms with Gasteiger partial charge >= 0.3 is 0 Å². The van der Waals surface area contributed by atoms with E-state index in [1.54, 1.807) is 35.8 Å². The van der Waals surface area contributed by atoms with Crippen molar-refractivity contribution in [3.05, 3.63) is 59.3 Å². The Hall–Kier alpha value is -3.70. The minimum atomic E-state index is -0.371. The Labute approximate surface area is 250 Å². The lowest BCUT2D eigenvalue weighted by molar-refractivity contribution is -0.134. The molecule has 2 aliphatic heterocycles. The minimum Gasteiger partial charge on any atom is -0.497 e. The monoisotopic (exact) mass is 594 g/mol. The van der Waals surface area contributed by atoms with Crippen LogP contribution in [0.3, 0.4) is 0 Å². The van der Waals surface area contributed by atoms with Crippen molar-refractivity contribution < 1.29 is 28.5 Å². The second-order valence-electron chi connectivity index (χ2n) is 11.2. The minimum absolute atomic E-state index is 0.0868. The predicted molar refractivity (Wildman–Crippen MR) is 162 cm³/mol. The van der Waals surface area contributed by atoms with Crippen LogP contribution in [-0.4, -0.2) is 86.4 Å². The molecule has 2 aliphatic rings. The number of thioether (sulfide) groups is 1. The number of hydrogen-bond donors (Lipinski definition) is 0. The van der Waals surface area contributed by atoms with Crippen LogP contribution in [0.25, 0.3) is 5.69 Å². The number of rotatable bonds is 7. The molecule has 2 amide bonds. The van der Waals surface area contributed by atoms with E-state index in [-0.39, 0.29) is 34.8 Å². The maximum Gasteiger partial charge on any atom is 0.242 e. The van der Waals surface area contributed by atoms with Crippen molar-refractivity contribution in [2.75, 3.05) is 64.8 Å². The van der Waals surface area contributed by atoms with Gasteiger partial charge in [-0.1, -0.05) is 26.8 Å². The molecule has 1 fully saturated rings. The van der Waals surface area contributed by atoms with E-state index >= 15 is 0 Å². The zero-order chi connectivity index (χ0) is 30.0. The highest BCUT2D eigenvalue weighted by Crippen LogP contribution is 2.49. The van der Waals surface area contributed by atoms with Crippen LogP contribution in [0.1, 0.15) is 42.8 Å². The van der Waals surface area contributed by atoms with Crippen molar-refractivity contribution in [2.24, 2.45) is 0 Å². The van der Waals surface area contributed by atoms with Crippen LogP contribution in [0.5, 0.6) is 17.2 Å². The summed E-state index contributed by atoms with van der Waals surface area (Å²) < 4.78 is 23.8. The molecule has 0 radical (unpaired) electrons. The van der Waals surface area contributed by atoms with Gasteiger partial charge in [0.25, 0.3) is 0 Å². The van der Waals surface area contributed by atoms with Crippen LogP contribution in [0, 0.1) is 0 Å². The molecule has 1 unspecified atom stereocenters. The van der Waals surface area contributed by atoms with Gasteiger partial charge in [-0.25, -0.2) is 4.68 Å². The zero-order valence-corrected chi connectivity index (χ0v) is 25.8. The van der Waals surface area contributed by atoms with Crippen molar-refractivity contribution in [3.8, 4) is 22.9 Å². The van der Waals surface area contributed by atoms with Gasteiger partial charge in [0.15, 0.2) is 11.5 Å². The number of fused-ring (bicyclic) bond motifs is 1. The van der Waals surface area contributed by atoms with Crippen LogP contribution < -0.4 is 19.1 Å². The second kappa shape index (κ2) is 12.3. The third kappa shape index (κ3) is 5.80. The maximum absolute atomic E-state index is 13.9. The van der Waals surface area contributed by atoms with Crippen LogP contribution in [0.15, 0.2) is 42.5 Å². The number of hydrogen-bond acceptors (Lipinski definition) is 8. The molecule has 1 atom stereocenters. The molecule has 224 valence electrons. The third-order valence-corrected chi connectivity index (χ3v) is 8.74. The van der Waals surface area contributed by atoms with E-state index < -0.39 is 0 Å². The highest BCUT2D eigenvalue weighted by atomic mass is 32.2. The molecule has 3 heterocycles. The molecule has 0 N–H and O–H groups in total. The normalized spacial score (nSPS) is 17.5. The van der Waals surface area contributed by atoms with E-state index in [0.29, 0.717) is 49.4 Å². The molecule has 2 aromatic carbocycles. The van der Waals surface area contributed by atoms with Crippen LogP contribution in [-0.2, 0) is 19.7 Å². The molecule has 3 aromatic rings. The first-order valence-electron chi connectivity index (χ1n) is 13.9. The zero-order valence-electron chi connectivity index (χ0n) is 25.0. The number of benzene rings is 2. The SMILES string of the molecule is COc1ccc(-n2nc(C(C)(C)C)c3c2N(CC(=O)N2CCOCC2)C(=O)CSC3c2ccc(OC)c(OC)c2)cc1. The molecular weight excluding hydrogens is 556 g/mol. The van der Waals surface area contributed by atoms with Gasteiger partial charge in [0.1, 0.15) is 18.1 Å². The number of ether oxygens (including phenoxy) is 4. The quantitative estimate of drug-likeness (QED) is 0.401. The fourth-order valence-electron chi connectivity index (χ4n) is 5.30. The third-order valence-electron chi connectivity index (χ3n) is 7.48. The molecule has 0 bridgehead atoms. The number of carbonyl (C=O) groups excluding carboxylic acids is 2. The molecule has 0 saturated carbocycles. The van der Waals surface area contributed by atoms with Crippen molar-refractivity contribution in [3.63, 3.8) is 0 Å². The Kier molecular flexibility index (Phi) is 8.70. The van der Waals surface area contributed by atoms with Crippen molar-refractivity contribution in [1.82, 2.24) is 14.7 Å². The van der Waals surface area contributed by atoms with Gasteiger partial charge in [0.05, 0.1) is 56.9 Å². The standard InChI is InChI=1S/C31H38N4O6S/c1-31(2,3)29-27-28(20-7-12-23(39-5)24(17-20)40-6)42-19-26(37)34(18-25(36)33-13-15-41-16-14-33)30(27)35(32-29)21-8-10-22(38-4)11-9-21/h7-12,17,28H,13-16,18-19H2,1-6H3. The summed E-state index contributed by atoms with van der Waals surface area (Å²) in [5.74, 6) is 2.46. The average molecular weight is 595 g/mol. The predicted octanol–water partition coefficient (Wildman–Crippen LogP) is 4.22. The summed E-state index contributed by atoms with van der Waals surface area (Å²) in [7, 11) is 4.84. The summed E-state index contributed by atoms with van der Waals surface area (Å²) in [6.45, 7) is 8.22. The van der Waals surface area contributed by atoms with E-state index in [0.717, 1.165) is 22.5 Å².